The van der Waals surface area contributed by atoms with Crippen LogP contribution in [0.1, 0.15) is 0 Å². The van der Waals surface area contributed by atoms with Gasteiger partial charge >= 0.3 is 6.03 Å². The number of anilines is 2. The molecule has 0 saturated heterocycles. The number of phenolic OH excluding ortho intramolecular Hbond substituents is 1. The summed E-state index contributed by atoms with van der Waals surface area (Å²) < 4.78 is 5.73. The Kier molecular flexibility index (Phi) is 6.09. The van der Waals surface area contributed by atoms with Gasteiger partial charge in [0.15, 0.2) is 0 Å². The number of halogens is 3. The number of benzene rings is 4. The number of phenols is 1. The van der Waals surface area contributed by atoms with Crippen molar-refractivity contribution in [3.63, 3.8) is 0 Å². The Morgan fingerprint density at radius 3 is 2.06 bits per heavy atom. The number of urea groups is 1. The molecular formula is C23H15Cl3N2O3. The lowest BCUT2D eigenvalue weighted by atomic mass is 10.1. The summed E-state index contributed by atoms with van der Waals surface area (Å²) in [5, 5.41) is 17.8. The third-order valence-corrected chi connectivity index (χ3v) is 5.28. The van der Waals surface area contributed by atoms with Crippen LogP contribution in [0.5, 0.6) is 17.2 Å². The van der Waals surface area contributed by atoms with Gasteiger partial charge in [-0.25, -0.2) is 4.79 Å². The van der Waals surface area contributed by atoms with Crippen molar-refractivity contribution in [3.05, 3.63) is 87.9 Å². The van der Waals surface area contributed by atoms with E-state index in [0.717, 1.165) is 0 Å². The number of rotatable bonds is 4. The molecule has 0 heterocycles. The molecule has 0 saturated carbocycles. The average Bonchev–Trinajstić information content (AvgIpc) is 2.74. The highest BCUT2D eigenvalue weighted by molar-refractivity contribution is 6.41. The van der Waals surface area contributed by atoms with Gasteiger partial charge in [-0.15, -0.1) is 0 Å². The molecule has 156 valence electrons. The van der Waals surface area contributed by atoms with Crippen LogP contribution in [0, 0.1) is 0 Å². The van der Waals surface area contributed by atoms with Gasteiger partial charge < -0.3 is 20.5 Å². The highest BCUT2D eigenvalue weighted by Gasteiger charge is 2.14. The number of nitrogens with one attached hydrogen (secondary N) is 2. The van der Waals surface area contributed by atoms with Crippen molar-refractivity contribution in [2.24, 2.45) is 0 Å². The summed E-state index contributed by atoms with van der Waals surface area (Å²) in [5.41, 5.74) is 0.898. The second kappa shape index (κ2) is 8.94. The third kappa shape index (κ3) is 4.97. The lowest BCUT2D eigenvalue weighted by Crippen LogP contribution is -2.19. The number of carbonyl (C=O) groups is 1. The van der Waals surface area contributed by atoms with E-state index in [1.54, 1.807) is 60.7 Å². The molecule has 4 aromatic carbocycles. The molecule has 0 bridgehead atoms. The minimum Gasteiger partial charge on any atom is -0.508 e. The van der Waals surface area contributed by atoms with Crippen LogP contribution in [0.2, 0.25) is 15.1 Å². The SMILES string of the molecule is O=C(Nc1ccc(Oc2ccc(Cl)cc2)cc1)Nc1c(Cl)cc(Cl)c2ccc(O)cc12. The van der Waals surface area contributed by atoms with Crippen molar-refractivity contribution in [2.75, 3.05) is 10.6 Å². The molecule has 0 fully saturated rings. The molecule has 0 aromatic heterocycles. The van der Waals surface area contributed by atoms with E-state index in [-0.39, 0.29) is 10.8 Å². The first kappa shape index (κ1) is 21.1. The molecule has 0 aliphatic carbocycles. The number of aromatic hydroxyl groups is 1. The van der Waals surface area contributed by atoms with Gasteiger partial charge in [0.2, 0.25) is 0 Å². The first-order valence-corrected chi connectivity index (χ1v) is 10.2. The molecular weight excluding hydrogens is 459 g/mol. The number of hydrogen-bond donors (Lipinski definition) is 3. The Morgan fingerprint density at radius 2 is 1.39 bits per heavy atom. The summed E-state index contributed by atoms with van der Waals surface area (Å²) in [5.74, 6) is 1.29. The zero-order valence-corrected chi connectivity index (χ0v) is 18.1. The molecule has 3 N–H and O–H groups in total. The predicted octanol–water partition coefficient (Wildman–Crippen LogP) is 7.94. The Labute approximate surface area is 193 Å². The molecule has 4 aromatic rings. The maximum Gasteiger partial charge on any atom is 0.323 e. The Balaban J connectivity index is 1.48. The van der Waals surface area contributed by atoms with Crippen LogP contribution in [0.15, 0.2) is 72.8 Å². The Bertz CT molecular complexity index is 1260. The van der Waals surface area contributed by atoms with Crippen LogP contribution in [0.25, 0.3) is 10.8 Å². The summed E-state index contributed by atoms with van der Waals surface area (Å²) in [6.07, 6.45) is 0. The van der Waals surface area contributed by atoms with E-state index in [1.165, 1.54) is 12.1 Å². The zero-order chi connectivity index (χ0) is 22.0. The molecule has 0 atom stereocenters. The van der Waals surface area contributed by atoms with Crippen LogP contribution in [-0.2, 0) is 0 Å². The smallest absolute Gasteiger partial charge is 0.323 e. The molecule has 0 aliphatic heterocycles. The molecule has 0 spiro atoms. The number of carbonyl (C=O) groups excluding carboxylic acids is 1. The fraction of sp³-hybridized carbons (Fsp3) is 0. The Hall–Kier alpha value is -3.12. The van der Waals surface area contributed by atoms with Crippen LogP contribution >= 0.6 is 34.8 Å². The summed E-state index contributed by atoms with van der Waals surface area (Å²) in [7, 11) is 0. The lowest BCUT2D eigenvalue weighted by molar-refractivity contribution is 0.262. The summed E-state index contributed by atoms with van der Waals surface area (Å²) >= 11 is 18.4. The maximum absolute atomic E-state index is 12.5. The fourth-order valence-corrected chi connectivity index (χ4v) is 3.70. The quantitative estimate of drug-likeness (QED) is 0.282. The van der Waals surface area contributed by atoms with Crippen molar-refractivity contribution >= 4 is 63.0 Å². The van der Waals surface area contributed by atoms with Crippen molar-refractivity contribution in [2.45, 2.75) is 0 Å². The Morgan fingerprint density at radius 1 is 0.742 bits per heavy atom. The number of hydrogen-bond acceptors (Lipinski definition) is 3. The predicted molar refractivity (Wildman–Crippen MR) is 126 cm³/mol. The molecule has 0 unspecified atom stereocenters. The van der Waals surface area contributed by atoms with Crippen molar-refractivity contribution in [1.29, 1.82) is 0 Å². The van der Waals surface area contributed by atoms with Gasteiger partial charge in [-0.05, 0) is 72.8 Å². The van der Waals surface area contributed by atoms with Crippen LogP contribution in [0.4, 0.5) is 16.2 Å². The van der Waals surface area contributed by atoms with Gasteiger partial charge in [0.1, 0.15) is 17.2 Å². The first-order valence-electron chi connectivity index (χ1n) is 9.11. The summed E-state index contributed by atoms with van der Waals surface area (Å²) in [4.78, 5) is 12.5. The van der Waals surface area contributed by atoms with Gasteiger partial charge in [-0.3, -0.25) is 0 Å². The van der Waals surface area contributed by atoms with E-state index < -0.39 is 6.03 Å². The van der Waals surface area contributed by atoms with E-state index in [0.29, 0.717) is 43.7 Å². The largest absolute Gasteiger partial charge is 0.508 e. The molecule has 0 radical (unpaired) electrons. The highest BCUT2D eigenvalue weighted by Crippen LogP contribution is 2.38. The minimum atomic E-state index is -0.500. The van der Waals surface area contributed by atoms with E-state index in [1.807, 2.05) is 0 Å². The van der Waals surface area contributed by atoms with Gasteiger partial charge in [0.05, 0.1) is 15.7 Å². The van der Waals surface area contributed by atoms with E-state index in [2.05, 4.69) is 10.6 Å². The van der Waals surface area contributed by atoms with Gasteiger partial charge in [0, 0.05) is 21.5 Å². The van der Waals surface area contributed by atoms with Crippen molar-refractivity contribution in [1.82, 2.24) is 0 Å². The third-order valence-electron chi connectivity index (χ3n) is 4.42. The van der Waals surface area contributed by atoms with Gasteiger partial charge in [0.25, 0.3) is 0 Å². The molecule has 8 heteroatoms. The molecule has 31 heavy (non-hydrogen) atoms. The molecule has 2 amide bonds. The van der Waals surface area contributed by atoms with E-state index >= 15 is 0 Å². The molecule has 5 nitrogen and oxygen atoms in total. The first-order chi connectivity index (χ1) is 14.9. The normalized spacial score (nSPS) is 10.7. The second-order valence-electron chi connectivity index (χ2n) is 6.60. The monoisotopic (exact) mass is 472 g/mol. The van der Waals surface area contributed by atoms with Crippen molar-refractivity contribution in [3.8, 4) is 17.2 Å². The number of amides is 2. The topological polar surface area (TPSA) is 70.6 Å². The summed E-state index contributed by atoms with van der Waals surface area (Å²) in [6.45, 7) is 0. The second-order valence-corrected chi connectivity index (χ2v) is 7.86. The highest BCUT2D eigenvalue weighted by atomic mass is 35.5. The van der Waals surface area contributed by atoms with Crippen LogP contribution < -0.4 is 15.4 Å². The summed E-state index contributed by atoms with van der Waals surface area (Å²) in [6, 6.07) is 19.6. The van der Waals surface area contributed by atoms with Gasteiger partial charge in [-0.2, -0.15) is 0 Å². The lowest BCUT2D eigenvalue weighted by Gasteiger charge is -2.14. The maximum atomic E-state index is 12.5. The average molecular weight is 474 g/mol. The standard InChI is InChI=1S/C23H15Cl3N2O3/c24-13-1-6-16(7-2-13)31-17-8-3-14(4-9-17)27-23(30)28-22-19-11-15(29)5-10-18(19)20(25)12-21(22)26/h1-12,29H,(H2,27,28,30). The van der Waals surface area contributed by atoms with E-state index in [9.17, 15) is 9.90 Å². The minimum absolute atomic E-state index is 0.0329. The van der Waals surface area contributed by atoms with Crippen LogP contribution in [0.3, 0.4) is 0 Å². The molecule has 4 rings (SSSR count). The van der Waals surface area contributed by atoms with E-state index in [4.69, 9.17) is 39.5 Å². The van der Waals surface area contributed by atoms with Crippen LogP contribution in [-0.4, -0.2) is 11.1 Å². The zero-order valence-electron chi connectivity index (χ0n) is 15.8. The fourth-order valence-electron chi connectivity index (χ4n) is 2.99. The van der Waals surface area contributed by atoms with Gasteiger partial charge in [-0.1, -0.05) is 34.8 Å². The number of fused-ring (bicyclic) bond motifs is 1. The van der Waals surface area contributed by atoms with Crippen molar-refractivity contribution < 1.29 is 14.6 Å². The number of ether oxygens (including phenoxy) is 1. The molecule has 0 aliphatic rings.